The topological polar surface area (TPSA) is 45.7 Å². The van der Waals surface area contributed by atoms with E-state index in [2.05, 4.69) is 0 Å². The Balaban J connectivity index is 2.37. The summed E-state index contributed by atoms with van der Waals surface area (Å²) >= 11 is 0. The van der Waals surface area contributed by atoms with Crippen LogP contribution in [0.4, 0.5) is 26.3 Å². The zero-order valence-electron chi connectivity index (χ0n) is 13.3. The third-order valence-corrected chi connectivity index (χ3v) is 4.38. The van der Waals surface area contributed by atoms with E-state index in [1.807, 2.05) is 0 Å². The van der Waals surface area contributed by atoms with E-state index in [-0.39, 0.29) is 23.7 Å². The summed E-state index contributed by atoms with van der Waals surface area (Å²) in [6, 6.07) is 5.70. The van der Waals surface area contributed by atoms with Crippen LogP contribution in [0.15, 0.2) is 30.3 Å². The molecule has 9 heteroatoms. The maximum atomic E-state index is 13.5. The highest BCUT2D eigenvalue weighted by molar-refractivity contribution is 5.94. The summed E-state index contributed by atoms with van der Waals surface area (Å²) < 4.78 is 81.2. The smallest absolute Gasteiger partial charge is 0.306 e. The van der Waals surface area contributed by atoms with Gasteiger partial charge in [0.25, 0.3) is 5.91 Å². The lowest BCUT2D eigenvalue weighted by molar-refractivity contribution is -0.809. The summed E-state index contributed by atoms with van der Waals surface area (Å²) in [6.07, 6.45) is -8.99. The highest BCUT2D eigenvalue weighted by atomic mass is 19.4. The van der Waals surface area contributed by atoms with Crippen LogP contribution in [-0.4, -0.2) is 30.0 Å². The fourth-order valence-corrected chi connectivity index (χ4v) is 3.03. The average Bonchev–Trinajstić information content (AvgIpc) is 2.54. The van der Waals surface area contributed by atoms with Crippen molar-refractivity contribution in [3.8, 4) is 0 Å². The molecule has 2 rings (SSSR count). The normalized spacial score (nSPS) is 17.4. The molecule has 1 amide bonds. The quantitative estimate of drug-likeness (QED) is 0.622. The van der Waals surface area contributed by atoms with Gasteiger partial charge in [-0.15, -0.1) is 0 Å². The van der Waals surface area contributed by atoms with E-state index < -0.39 is 30.0 Å². The van der Waals surface area contributed by atoms with Gasteiger partial charge in [-0.2, -0.15) is 26.3 Å². The molecule has 0 spiro atoms. The van der Waals surface area contributed by atoms with Crippen molar-refractivity contribution in [3.63, 3.8) is 0 Å². The summed E-state index contributed by atoms with van der Waals surface area (Å²) in [5.74, 6) is -1.41. The second kappa shape index (κ2) is 7.23. The average molecular weight is 369 g/mol. The summed E-state index contributed by atoms with van der Waals surface area (Å²) in [6.45, 7) is 0. The molecule has 0 heterocycles. The number of carbonyl (C=O) groups is 1. The molecule has 0 atom stereocenters. The van der Waals surface area contributed by atoms with Gasteiger partial charge in [0.1, 0.15) is 0 Å². The predicted octanol–water partition coefficient (Wildman–Crippen LogP) is 3.13. The van der Waals surface area contributed by atoms with Crippen molar-refractivity contribution in [2.45, 2.75) is 56.2 Å². The van der Waals surface area contributed by atoms with E-state index in [1.54, 1.807) is 0 Å². The van der Waals surface area contributed by atoms with Gasteiger partial charge >= 0.3 is 18.0 Å². The van der Waals surface area contributed by atoms with Crippen LogP contribution in [0.1, 0.15) is 42.5 Å². The minimum absolute atomic E-state index is 0.243. The Morgan fingerprint density at radius 2 is 1.44 bits per heavy atom. The number of hydrogen-bond acceptors (Lipinski definition) is 1. The molecule has 140 valence electrons. The lowest BCUT2D eigenvalue weighted by Gasteiger charge is -2.38. The predicted molar refractivity (Wildman–Crippen MR) is 77.5 cm³/mol. The van der Waals surface area contributed by atoms with Crippen LogP contribution in [0.5, 0.6) is 0 Å². The van der Waals surface area contributed by atoms with E-state index in [1.165, 1.54) is 23.5 Å². The first-order chi connectivity index (χ1) is 11.6. The zero-order valence-corrected chi connectivity index (χ0v) is 13.3. The molecule has 1 aliphatic carbocycles. The fraction of sp³-hybridized carbons (Fsp3) is 0.562. The van der Waals surface area contributed by atoms with Crippen LogP contribution < -0.4 is 10.6 Å². The second-order valence-electron chi connectivity index (χ2n) is 6.19. The Morgan fingerprint density at radius 3 is 1.92 bits per heavy atom. The molecule has 0 radical (unpaired) electrons. The van der Waals surface area contributed by atoms with Crippen molar-refractivity contribution in [1.82, 2.24) is 5.32 Å². The molecule has 0 saturated heterocycles. The van der Waals surface area contributed by atoms with Gasteiger partial charge in [0.2, 0.25) is 0 Å². The van der Waals surface area contributed by atoms with Gasteiger partial charge < -0.3 is 5.32 Å². The number of amides is 1. The van der Waals surface area contributed by atoms with Gasteiger partial charge in [0.05, 0.1) is 6.04 Å². The van der Waals surface area contributed by atoms with E-state index >= 15 is 0 Å². The SMILES string of the molecule is O=C(NC([NH2+]C1CCCCC1)(C(F)(F)F)C(F)(F)F)c1ccccc1. The zero-order chi connectivity index (χ0) is 18.7. The molecule has 1 saturated carbocycles. The summed E-state index contributed by atoms with van der Waals surface area (Å²) in [5.41, 5.74) is -4.63. The fourth-order valence-electron chi connectivity index (χ4n) is 3.03. The first-order valence-electron chi connectivity index (χ1n) is 7.94. The van der Waals surface area contributed by atoms with E-state index in [0.29, 0.717) is 12.8 Å². The molecule has 0 aliphatic heterocycles. The molecule has 1 fully saturated rings. The Labute approximate surface area is 140 Å². The van der Waals surface area contributed by atoms with Crippen molar-refractivity contribution in [3.05, 3.63) is 35.9 Å². The van der Waals surface area contributed by atoms with E-state index in [4.69, 9.17) is 0 Å². The molecule has 3 nitrogen and oxygen atoms in total. The van der Waals surface area contributed by atoms with Gasteiger partial charge in [-0.3, -0.25) is 10.1 Å². The van der Waals surface area contributed by atoms with Crippen LogP contribution in [0.2, 0.25) is 0 Å². The van der Waals surface area contributed by atoms with Crippen molar-refractivity contribution in [2.24, 2.45) is 0 Å². The van der Waals surface area contributed by atoms with E-state index in [0.717, 1.165) is 18.6 Å². The number of carbonyl (C=O) groups excluding carboxylic acids is 1. The number of benzene rings is 1. The number of halogens is 6. The minimum Gasteiger partial charge on any atom is -0.306 e. The molecular weight excluding hydrogens is 350 g/mol. The molecule has 1 aromatic carbocycles. The maximum Gasteiger partial charge on any atom is 0.475 e. The van der Waals surface area contributed by atoms with Gasteiger partial charge in [-0.25, -0.2) is 0 Å². The minimum atomic E-state index is -5.70. The van der Waals surface area contributed by atoms with Crippen LogP contribution in [0.25, 0.3) is 0 Å². The largest absolute Gasteiger partial charge is 0.475 e. The number of nitrogens with one attached hydrogen (secondary N) is 1. The summed E-state index contributed by atoms with van der Waals surface area (Å²) in [5, 5.41) is 1.47. The molecule has 1 aliphatic rings. The third kappa shape index (κ3) is 4.26. The standard InChI is InChI=1S/C16H18F6N2O/c17-15(18,19)14(16(20,21)22,23-12-9-5-2-6-10-12)24-13(25)11-7-3-1-4-8-11/h1,3-4,7-8,12,23H,2,5-6,9-10H2,(H,24,25)/p+1. The number of rotatable bonds is 4. The number of quaternary nitrogens is 1. The van der Waals surface area contributed by atoms with Crippen molar-refractivity contribution in [2.75, 3.05) is 0 Å². The third-order valence-electron chi connectivity index (χ3n) is 4.38. The van der Waals surface area contributed by atoms with Gasteiger partial charge in [-0.1, -0.05) is 24.6 Å². The molecule has 0 unspecified atom stereocenters. The van der Waals surface area contributed by atoms with Gasteiger partial charge in [-0.05, 0) is 37.8 Å². The van der Waals surface area contributed by atoms with E-state index in [9.17, 15) is 31.1 Å². The Bertz CT molecular complexity index is 565. The van der Waals surface area contributed by atoms with Crippen molar-refractivity contribution in [1.29, 1.82) is 0 Å². The highest BCUT2D eigenvalue weighted by Crippen LogP contribution is 2.39. The number of alkyl halides is 6. The molecule has 0 bridgehead atoms. The van der Waals surface area contributed by atoms with Crippen LogP contribution in [0, 0.1) is 0 Å². The Morgan fingerprint density at radius 1 is 0.920 bits per heavy atom. The Hall–Kier alpha value is -1.77. The lowest BCUT2D eigenvalue weighted by Crippen LogP contribution is -3.11. The molecule has 0 aromatic heterocycles. The first-order valence-corrected chi connectivity index (χ1v) is 7.94. The molecule has 25 heavy (non-hydrogen) atoms. The molecule has 1 aromatic rings. The molecule has 3 N–H and O–H groups in total. The first kappa shape index (κ1) is 19.6. The second-order valence-corrected chi connectivity index (χ2v) is 6.19. The van der Waals surface area contributed by atoms with Crippen LogP contribution >= 0.6 is 0 Å². The van der Waals surface area contributed by atoms with Crippen LogP contribution in [-0.2, 0) is 0 Å². The molecular formula is C16H19F6N2O+. The van der Waals surface area contributed by atoms with Crippen molar-refractivity contribution < 1.29 is 36.5 Å². The lowest BCUT2D eigenvalue weighted by atomic mass is 9.93. The summed E-state index contributed by atoms with van der Waals surface area (Å²) in [7, 11) is 0. The number of hydrogen-bond donors (Lipinski definition) is 2. The highest BCUT2D eigenvalue weighted by Gasteiger charge is 2.77. The monoisotopic (exact) mass is 369 g/mol. The Kier molecular flexibility index (Phi) is 5.65. The summed E-state index contributed by atoms with van der Waals surface area (Å²) in [4.78, 5) is 12.1. The van der Waals surface area contributed by atoms with Gasteiger partial charge in [0, 0.05) is 5.56 Å². The van der Waals surface area contributed by atoms with Crippen LogP contribution in [0.3, 0.4) is 0 Å². The maximum absolute atomic E-state index is 13.5. The number of nitrogens with two attached hydrogens (primary N) is 1. The van der Waals surface area contributed by atoms with Gasteiger partial charge in [0.15, 0.2) is 0 Å². The van der Waals surface area contributed by atoms with Crippen molar-refractivity contribution >= 4 is 5.91 Å².